The van der Waals surface area contributed by atoms with Gasteiger partial charge in [-0.25, -0.2) is 0 Å². The maximum atomic E-state index is 13.0. The van der Waals surface area contributed by atoms with Crippen molar-refractivity contribution in [1.29, 1.82) is 0 Å². The van der Waals surface area contributed by atoms with E-state index in [1.54, 1.807) is 5.32 Å². The molecule has 0 aromatic carbocycles. The molecule has 138 valence electrons. The number of rotatable bonds is 0. The molecule has 0 saturated carbocycles. The Kier molecular flexibility index (Phi) is 5.85. The molecular formula is C11H16F9N3. The Morgan fingerprint density at radius 3 is 1.52 bits per heavy atom. The van der Waals surface area contributed by atoms with Gasteiger partial charge in [0.15, 0.2) is 0 Å². The van der Waals surface area contributed by atoms with E-state index in [9.17, 15) is 39.5 Å². The highest BCUT2D eigenvalue weighted by Crippen LogP contribution is 2.31. The second kappa shape index (κ2) is 6.63. The monoisotopic (exact) mass is 361 g/mol. The number of likely N-dealkylation sites (N-methyl/N-ethyl adjacent to an activating group) is 2. The van der Waals surface area contributed by atoms with Crippen LogP contribution < -0.4 is 5.32 Å². The van der Waals surface area contributed by atoms with Crippen LogP contribution in [0.5, 0.6) is 0 Å². The lowest BCUT2D eigenvalue weighted by molar-refractivity contribution is -0.204. The van der Waals surface area contributed by atoms with Gasteiger partial charge in [-0.15, -0.1) is 0 Å². The van der Waals surface area contributed by atoms with Gasteiger partial charge in [0.1, 0.15) is 18.1 Å². The average molecular weight is 361 g/mol. The van der Waals surface area contributed by atoms with Crippen LogP contribution in [0.4, 0.5) is 39.5 Å². The fourth-order valence-corrected chi connectivity index (χ4v) is 2.37. The van der Waals surface area contributed by atoms with E-state index in [4.69, 9.17) is 0 Å². The lowest BCUT2D eigenvalue weighted by Crippen LogP contribution is -2.55. The summed E-state index contributed by atoms with van der Waals surface area (Å²) < 4.78 is 116. The van der Waals surface area contributed by atoms with Gasteiger partial charge in [0.2, 0.25) is 0 Å². The third-order valence-corrected chi connectivity index (χ3v) is 3.70. The van der Waals surface area contributed by atoms with Gasteiger partial charge in [-0.3, -0.25) is 9.80 Å². The molecule has 1 aliphatic heterocycles. The van der Waals surface area contributed by atoms with E-state index in [1.807, 2.05) is 0 Å². The lowest BCUT2D eigenvalue weighted by Gasteiger charge is -2.35. The summed E-state index contributed by atoms with van der Waals surface area (Å²) in [6.07, 6.45) is -14.9. The molecule has 0 amide bonds. The summed E-state index contributed by atoms with van der Waals surface area (Å²) in [4.78, 5) is 0.751. The molecule has 3 nitrogen and oxygen atoms in total. The third kappa shape index (κ3) is 5.38. The van der Waals surface area contributed by atoms with Crippen LogP contribution in [0.25, 0.3) is 0 Å². The zero-order chi connectivity index (χ0) is 18.2. The average Bonchev–Trinajstić information content (AvgIpc) is 2.35. The van der Waals surface area contributed by atoms with Gasteiger partial charge < -0.3 is 5.32 Å². The van der Waals surface area contributed by atoms with Crippen LogP contribution in [-0.2, 0) is 0 Å². The number of hydrogen-bond donors (Lipinski definition) is 1. The van der Waals surface area contributed by atoms with Crippen molar-refractivity contribution in [1.82, 2.24) is 15.1 Å². The summed E-state index contributed by atoms with van der Waals surface area (Å²) in [5, 5.41) is 1.70. The zero-order valence-electron chi connectivity index (χ0n) is 12.1. The molecule has 0 aromatic heterocycles. The third-order valence-electron chi connectivity index (χ3n) is 3.70. The quantitative estimate of drug-likeness (QED) is 0.668. The normalized spacial score (nSPS) is 30.7. The fourth-order valence-electron chi connectivity index (χ4n) is 2.37. The van der Waals surface area contributed by atoms with Crippen LogP contribution in [-0.4, -0.2) is 80.2 Å². The van der Waals surface area contributed by atoms with Crippen LogP contribution in [0.15, 0.2) is 0 Å². The molecule has 0 radical (unpaired) electrons. The Labute approximate surface area is 126 Å². The van der Waals surface area contributed by atoms with E-state index >= 15 is 0 Å². The summed E-state index contributed by atoms with van der Waals surface area (Å²) in [5.74, 6) is 0. The highest BCUT2D eigenvalue weighted by Gasteiger charge is 2.51. The molecule has 0 aliphatic carbocycles. The van der Waals surface area contributed by atoms with Crippen molar-refractivity contribution in [3.63, 3.8) is 0 Å². The Bertz CT molecular complexity index is 390. The Balaban J connectivity index is 3.18. The van der Waals surface area contributed by atoms with Gasteiger partial charge in [-0.1, -0.05) is 0 Å². The molecule has 23 heavy (non-hydrogen) atoms. The second-order valence-corrected chi connectivity index (χ2v) is 5.50. The standard InChI is InChI=1S/C11H16F9N3/c1-22-4-6(9(12,13)14)21-3-7(10(15,16)17)23(2)5-8(22)11(18,19)20/h6-8,21H,3-5H2,1-2H3. The summed E-state index contributed by atoms with van der Waals surface area (Å²) in [7, 11) is 1.61. The van der Waals surface area contributed by atoms with E-state index < -0.39 is 56.3 Å². The predicted octanol–water partition coefficient (Wildman–Crippen LogP) is 2.25. The molecule has 1 N–H and O–H groups in total. The first-order valence-corrected chi connectivity index (χ1v) is 6.48. The molecule has 12 heteroatoms. The van der Waals surface area contributed by atoms with Crippen LogP contribution in [0.3, 0.4) is 0 Å². The van der Waals surface area contributed by atoms with Crippen molar-refractivity contribution in [2.24, 2.45) is 0 Å². The van der Waals surface area contributed by atoms with Gasteiger partial charge in [0, 0.05) is 19.6 Å². The summed E-state index contributed by atoms with van der Waals surface area (Å²) in [6.45, 7) is -3.34. The van der Waals surface area contributed by atoms with Gasteiger partial charge >= 0.3 is 18.5 Å². The van der Waals surface area contributed by atoms with Gasteiger partial charge in [-0.05, 0) is 14.1 Å². The van der Waals surface area contributed by atoms with Crippen LogP contribution in [0.1, 0.15) is 0 Å². The first-order valence-electron chi connectivity index (χ1n) is 6.48. The molecule has 0 spiro atoms. The van der Waals surface area contributed by atoms with E-state index in [-0.39, 0.29) is 0 Å². The van der Waals surface area contributed by atoms with Crippen molar-refractivity contribution in [2.45, 2.75) is 36.7 Å². The van der Waals surface area contributed by atoms with Crippen LogP contribution in [0, 0.1) is 0 Å². The second-order valence-electron chi connectivity index (χ2n) is 5.50. The molecule has 1 saturated heterocycles. The Morgan fingerprint density at radius 2 is 1.13 bits per heavy atom. The zero-order valence-corrected chi connectivity index (χ0v) is 12.1. The number of hydrogen-bond acceptors (Lipinski definition) is 3. The van der Waals surface area contributed by atoms with Crippen molar-refractivity contribution in [3.05, 3.63) is 0 Å². The highest BCUT2D eigenvalue weighted by atomic mass is 19.4. The van der Waals surface area contributed by atoms with Gasteiger partial charge in [-0.2, -0.15) is 39.5 Å². The minimum atomic E-state index is -4.97. The minimum Gasteiger partial charge on any atom is -0.303 e. The van der Waals surface area contributed by atoms with Crippen molar-refractivity contribution in [3.8, 4) is 0 Å². The van der Waals surface area contributed by atoms with E-state index in [0.29, 0.717) is 9.80 Å². The molecule has 0 bridgehead atoms. The Morgan fingerprint density at radius 1 is 0.696 bits per heavy atom. The number of nitrogens with zero attached hydrogens (tertiary/aromatic N) is 2. The predicted molar refractivity (Wildman–Crippen MR) is 62.8 cm³/mol. The van der Waals surface area contributed by atoms with Gasteiger partial charge in [0.25, 0.3) is 0 Å². The SMILES string of the molecule is CN1CC(C(F)(F)F)NCC(C(F)(F)F)N(C)CC1C(F)(F)F. The molecule has 3 unspecified atom stereocenters. The maximum Gasteiger partial charge on any atom is 0.405 e. The minimum absolute atomic E-state index is 0.375. The molecule has 1 fully saturated rings. The fraction of sp³-hybridized carbons (Fsp3) is 1.00. The molecule has 0 aromatic rings. The lowest BCUT2D eigenvalue weighted by atomic mass is 10.2. The van der Waals surface area contributed by atoms with E-state index in [1.165, 1.54) is 0 Å². The van der Waals surface area contributed by atoms with E-state index in [0.717, 1.165) is 14.1 Å². The smallest absolute Gasteiger partial charge is 0.303 e. The molecule has 1 heterocycles. The van der Waals surface area contributed by atoms with Crippen LogP contribution in [0.2, 0.25) is 0 Å². The number of alkyl halides is 9. The number of nitrogens with one attached hydrogen (secondary N) is 1. The van der Waals surface area contributed by atoms with Crippen molar-refractivity contribution >= 4 is 0 Å². The summed E-state index contributed by atoms with van der Waals surface area (Å²) in [5.41, 5.74) is 0. The van der Waals surface area contributed by atoms with Gasteiger partial charge in [0.05, 0.1) is 0 Å². The molecule has 1 aliphatic rings. The topological polar surface area (TPSA) is 18.5 Å². The Hall–Kier alpha value is -0.750. The van der Waals surface area contributed by atoms with Crippen molar-refractivity contribution in [2.75, 3.05) is 33.7 Å². The molecular weight excluding hydrogens is 345 g/mol. The van der Waals surface area contributed by atoms with Crippen LogP contribution >= 0.6 is 0 Å². The van der Waals surface area contributed by atoms with Crippen molar-refractivity contribution < 1.29 is 39.5 Å². The molecule has 1 rings (SSSR count). The molecule has 3 atom stereocenters. The summed E-state index contributed by atoms with van der Waals surface area (Å²) in [6, 6.07) is -7.39. The van der Waals surface area contributed by atoms with E-state index in [2.05, 4.69) is 0 Å². The maximum absolute atomic E-state index is 13.0. The largest absolute Gasteiger partial charge is 0.405 e. The number of halogens is 9. The highest BCUT2D eigenvalue weighted by molar-refractivity contribution is 4.92. The summed E-state index contributed by atoms with van der Waals surface area (Å²) >= 11 is 0. The first kappa shape index (κ1) is 20.3. The first-order chi connectivity index (χ1) is 10.1.